The van der Waals surface area contributed by atoms with Crippen LogP contribution in [0.25, 0.3) is 0 Å². The summed E-state index contributed by atoms with van der Waals surface area (Å²) < 4.78 is 0. The van der Waals surface area contributed by atoms with Crippen LogP contribution >= 0.6 is 0 Å². The molecule has 1 aromatic carbocycles. The van der Waals surface area contributed by atoms with Gasteiger partial charge in [-0.1, -0.05) is 29.8 Å². The van der Waals surface area contributed by atoms with E-state index in [0.29, 0.717) is 0 Å². The fourth-order valence-electron chi connectivity index (χ4n) is 1.52. The lowest BCUT2D eigenvalue weighted by Gasteiger charge is -2.11. The van der Waals surface area contributed by atoms with Gasteiger partial charge in [0, 0.05) is 0 Å². The number of hydrogen-bond acceptors (Lipinski definition) is 2. The van der Waals surface area contributed by atoms with Crippen molar-refractivity contribution in [3.05, 3.63) is 35.4 Å². The van der Waals surface area contributed by atoms with E-state index in [0.717, 1.165) is 24.9 Å². The number of nitrogens with one attached hydrogen (secondary N) is 1. The second-order valence-corrected chi connectivity index (χ2v) is 3.68. The molecule has 0 heterocycles. The average molecular weight is 193 g/mol. The highest BCUT2D eigenvalue weighted by Crippen LogP contribution is 2.18. The van der Waals surface area contributed by atoms with E-state index in [4.69, 9.17) is 0 Å². The third-order valence-corrected chi connectivity index (χ3v) is 2.33. The summed E-state index contributed by atoms with van der Waals surface area (Å²) in [5.41, 5.74) is 2.23. The molecule has 0 saturated heterocycles. The van der Waals surface area contributed by atoms with Gasteiger partial charge >= 0.3 is 0 Å². The van der Waals surface area contributed by atoms with Gasteiger partial charge < -0.3 is 10.4 Å². The van der Waals surface area contributed by atoms with Crippen LogP contribution in [0.15, 0.2) is 24.3 Å². The first kappa shape index (κ1) is 11.2. The highest BCUT2D eigenvalue weighted by molar-refractivity contribution is 5.23. The van der Waals surface area contributed by atoms with Crippen LogP contribution in [0.5, 0.6) is 0 Å². The Kier molecular flexibility index (Phi) is 4.63. The standard InChI is InChI=1S/C12H19NO/c1-10-5-3-6-11(9-10)12(14)7-4-8-13-2/h3,5-6,9,12-14H,4,7-8H2,1-2H3. The Bertz CT molecular complexity index is 273. The summed E-state index contributed by atoms with van der Waals surface area (Å²) in [5.74, 6) is 0. The molecule has 0 radical (unpaired) electrons. The lowest BCUT2D eigenvalue weighted by atomic mass is 10.0. The highest BCUT2D eigenvalue weighted by atomic mass is 16.3. The molecular weight excluding hydrogens is 174 g/mol. The SMILES string of the molecule is CNCCCC(O)c1cccc(C)c1. The van der Waals surface area contributed by atoms with Crippen LogP contribution in [0.2, 0.25) is 0 Å². The van der Waals surface area contributed by atoms with Crippen molar-refractivity contribution >= 4 is 0 Å². The molecule has 78 valence electrons. The van der Waals surface area contributed by atoms with Gasteiger partial charge in [0.15, 0.2) is 0 Å². The van der Waals surface area contributed by atoms with Crippen molar-refractivity contribution < 1.29 is 5.11 Å². The third-order valence-electron chi connectivity index (χ3n) is 2.33. The van der Waals surface area contributed by atoms with E-state index in [1.54, 1.807) is 0 Å². The molecule has 0 spiro atoms. The molecule has 0 aromatic heterocycles. The number of rotatable bonds is 5. The topological polar surface area (TPSA) is 32.3 Å². The number of aliphatic hydroxyl groups is 1. The van der Waals surface area contributed by atoms with Gasteiger partial charge in [0.05, 0.1) is 6.10 Å². The highest BCUT2D eigenvalue weighted by Gasteiger charge is 2.06. The Morgan fingerprint density at radius 1 is 1.43 bits per heavy atom. The third kappa shape index (κ3) is 3.48. The van der Waals surface area contributed by atoms with E-state index in [1.165, 1.54) is 5.56 Å². The number of benzene rings is 1. The molecule has 0 bridgehead atoms. The van der Waals surface area contributed by atoms with E-state index in [9.17, 15) is 5.11 Å². The summed E-state index contributed by atoms with van der Waals surface area (Å²) in [5, 5.41) is 12.9. The molecule has 0 aliphatic heterocycles. The molecule has 0 aliphatic rings. The molecule has 0 aliphatic carbocycles. The summed E-state index contributed by atoms with van der Waals surface area (Å²) in [6.45, 7) is 3.01. The quantitative estimate of drug-likeness (QED) is 0.701. The van der Waals surface area contributed by atoms with Crippen molar-refractivity contribution in [2.24, 2.45) is 0 Å². The lowest BCUT2D eigenvalue weighted by Crippen LogP contribution is -2.09. The maximum atomic E-state index is 9.84. The van der Waals surface area contributed by atoms with Gasteiger partial charge in [-0.2, -0.15) is 0 Å². The van der Waals surface area contributed by atoms with Crippen molar-refractivity contribution in [2.75, 3.05) is 13.6 Å². The smallest absolute Gasteiger partial charge is 0.0790 e. The van der Waals surface area contributed by atoms with Gasteiger partial charge in [0.1, 0.15) is 0 Å². The molecule has 1 rings (SSSR count). The van der Waals surface area contributed by atoms with Crippen molar-refractivity contribution in [3.63, 3.8) is 0 Å². The molecule has 0 fully saturated rings. The van der Waals surface area contributed by atoms with Crippen LogP contribution in [0.4, 0.5) is 0 Å². The first-order chi connectivity index (χ1) is 6.74. The van der Waals surface area contributed by atoms with E-state index in [2.05, 4.69) is 5.32 Å². The van der Waals surface area contributed by atoms with E-state index in [1.807, 2.05) is 38.2 Å². The van der Waals surface area contributed by atoms with Gasteiger partial charge in [-0.3, -0.25) is 0 Å². The number of aliphatic hydroxyl groups excluding tert-OH is 1. The second-order valence-electron chi connectivity index (χ2n) is 3.68. The predicted molar refractivity (Wildman–Crippen MR) is 59.3 cm³/mol. The largest absolute Gasteiger partial charge is 0.388 e. The minimum atomic E-state index is -0.316. The fourth-order valence-corrected chi connectivity index (χ4v) is 1.52. The van der Waals surface area contributed by atoms with Gasteiger partial charge in [0.2, 0.25) is 0 Å². The van der Waals surface area contributed by atoms with Crippen molar-refractivity contribution in [2.45, 2.75) is 25.9 Å². The van der Waals surface area contributed by atoms with Crippen molar-refractivity contribution in [1.29, 1.82) is 0 Å². The minimum absolute atomic E-state index is 0.316. The van der Waals surface area contributed by atoms with Gasteiger partial charge in [0.25, 0.3) is 0 Å². The maximum absolute atomic E-state index is 9.84. The Labute approximate surface area is 86.0 Å². The zero-order chi connectivity index (χ0) is 10.4. The normalized spacial score (nSPS) is 12.8. The molecule has 1 atom stereocenters. The predicted octanol–water partition coefficient (Wildman–Crippen LogP) is 2.03. The summed E-state index contributed by atoms with van der Waals surface area (Å²) in [4.78, 5) is 0. The summed E-state index contributed by atoms with van der Waals surface area (Å²) >= 11 is 0. The fraction of sp³-hybridized carbons (Fsp3) is 0.500. The number of hydrogen-bond donors (Lipinski definition) is 2. The monoisotopic (exact) mass is 193 g/mol. The van der Waals surface area contributed by atoms with Crippen molar-refractivity contribution in [3.8, 4) is 0 Å². The lowest BCUT2D eigenvalue weighted by molar-refractivity contribution is 0.164. The van der Waals surface area contributed by atoms with Crippen LogP contribution in [-0.2, 0) is 0 Å². The summed E-state index contributed by atoms with van der Waals surface area (Å²) in [7, 11) is 1.93. The van der Waals surface area contributed by atoms with E-state index >= 15 is 0 Å². The molecule has 1 aromatic rings. The molecular formula is C12H19NO. The number of aryl methyl sites for hydroxylation is 1. The summed E-state index contributed by atoms with van der Waals surface area (Å²) in [6, 6.07) is 8.07. The molecule has 0 amide bonds. The Morgan fingerprint density at radius 3 is 2.86 bits per heavy atom. The second kappa shape index (κ2) is 5.78. The zero-order valence-corrected chi connectivity index (χ0v) is 8.96. The van der Waals surface area contributed by atoms with Gasteiger partial charge in [-0.05, 0) is 38.9 Å². The average Bonchev–Trinajstić information content (AvgIpc) is 2.18. The van der Waals surface area contributed by atoms with E-state index in [-0.39, 0.29) is 6.10 Å². The zero-order valence-electron chi connectivity index (χ0n) is 8.96. The molecule has 0 saturated carbocycles. The molecule has 2 heteroatoms. The molecule has 14 heavy (non-hydrogen) atoms. The Morgan fingerprint density at radius 2 is 2.21 bits per heavy atom. The Hall–Kier alpha value is -0.860. The van der Waals surface area contributed by atoms with E-state index < -0.39 is 0 Å². The van der Waals surface area contributed by atoms with Crippen LogP contribution < -0.4 is 5.32 Å². The van der Waals surface area contributed by atoms with Gasteiger partial charge in [-0.15, -0.1) is 0 Å². The van der Waals surface area contributed by atoms with Gasteiger partial charge in [-0.25, -0.2) is 0 Å². The molecule has 1 unspecified atom stereocenters. The Balaban J connectivity index is 2.47. The first-order valence-electron chi connectivity index (χ1n) is 5.13. The molecule has 2 nitrogen and oxygen atoms in total. The molecule has 2 N–H and O–H groups in total. The van der Waals surface area contributed by atoms with Crippen LogP contribution in [0, 0.1) is 6.92 Å². The summed E-state index contributed by atoms with van der Waals surface area (Å²) in [6.07, 6.45) is 1.51. The van der Waals surface area contributed by atoms with Crippen LogP contribution in [0.1, 0.15) is 30.1 Å². The first-order valence-corrected chi connectivity index (χ1v) is 5.13. The van der Waals surface area contributed by atoms with Crippen LogP contribution in [-0.4, -0.2) is 18.7 Å². The van der Waals surface area contributed by atoms with Crippen LogP contribution in [0.3, 0.4) is 0 Å². The minimum Gasteiger partial charge on any atom is -0.388 e. The van der Waals surface area contributed by atoms with Crippen molar-refractivity contribution in [1.82, 2.24) is 5.32 Å². The maximum Gasteiger partial charge on any atom is 0.0790 e.